The van der Waals surface area contributed by atoms with E-state index in [1.54, 1.807) is 30.3 Å². The maximum atomic E-state index is 13.2. The lowest BCUT2D eigenvalue weighted by Crippen LogP contribution is -2.37. The normalized spacial score (nSPS) is 11.4. The molecule has 0 aliphatic rings. The van der Waals surface area contributed by atoms with Gasteiger partial charge in [-0.15, -0.1) is 0 Å². The first kappa shape index (κ1) is 19.4. The van der Waals surface area contributed by atoms with E-state index in [2.05, 4.69) is 4.98 Å². The summed E-state index contributed by atoms with van der Waals surface area (Å²) >= 11 is 0. The number of nitro groups is 1. The molecular weight excluding hydrogens is 416 g/mol. The lowest BCUT2D eigenvalue weighted by atomic mass is 9.97. The van der Waals surface area contributed by atoms with Crippen LogP contribution >= 0.6 is 0 Å². The summed E-state index contributed by atoms with van der Waals surface area (Å²) in [5.74, 6) is 0. The third-order valence-electron chi connectivity index (χ3n) is 5.48. The summed E-state index contributed by atoms with van der Waals surface area (Å²) in [6, 6.07) is 12.3. The van der Waals surface area contributed by atoms with E-state index >= 15 is 0 Å². The van der Waals surface area contributed by atoms with Crippen LogP contribution in [0.15, 0.2) is 67.3 Å². The topological polar surface area (TPSA) is 130 Å². The lowest BCUT2D eigenvalue weighted by molar-refractivity contribution is -0.384. The van der Waals surface area contributed by atoms with E-state index in [0.29, 0.717) is 5.39 Å². The van der Waals surface area contributed by atoms with Gasteiger partial charge in [0.1, 0.15) is 5.58 Å². The molecule has 0 bridgehead atoms. The molecule has 158 valence electrons. The van der Waals surface area contributed by atoms with Gasteiger partial charge in [-0.25, -0.2) is 14.6 Å². The largest absolute Gasteiger partial charge is 0.422 e. The summed E-state index contributed by atoms with van der Waals surface area (Å²) < 4.78 is 7.59. The molecular formula is C22H14N4O6. The first-order valence-electron chi connectivity index (χ1n) is 9.49. The zero-order valence-corrected chi connectivity index (χ0v) is 16.9. The Balaban J connectivity index is 2.16. The molecule has 0 saturated carbocycles. The molecule has 0 aliphatic heterocycles. The number of rotatable bonds is 2. The highest BCUT2D eigenvalue weighted by molar-refractivity contribution is 6.14. The molecule has 10 heteroatoms. The number of nitrogens with zero attached hydrogens (tertiary/aromatic N) is 4. The number of hydrogen-bond donors (Lipinski definition) is 0. The Hall–Kier alpha value is -4.60. The molecule has 3 heterocycles. The van der Waals surface area contributed by atoms with Crippen molar-refractivity contribution >= 4 is 38.6 Å². The Kier molecular flexibility index (Phi) is 4.06. The second-order valence-corrected chi connectivity index (χ2v) is 7.31. The zero-order valence-electron chi connectivity index (χ0n) is 16.9. The highest BCUT2D eigenvalue weighted by atomic mass is 16.6. The monoisotopic (exact) mass is 430 g/mol. The Morgan fingerprint density at radius 3 is 2.47 bits per heavy atom. The molecule has 3 aromatic heterocycles. The van der Waals surface area contributed by atoms with E-state index in [-0.39, 0.29) is 44.3 Å². The van der Waals surface area contributed by atoms with Crippen molar-refractivity contribution in [1.82, 2.24) is 14.1 Å². The van der Waals surface area contributed by atoms with Crippen molar-refractivity contribution in [1.29, 1.82) is 0 Å². The second-order valence-electron chi connectivity index (χ2n) is 7.31. The van der Waals surface area contributed by atoms with Crippen molar-refractivity contribution in [3.05, 3.63) is 89.9 Å². The third-order valence-corrected chi connectivity index (χ3v) is 5.48. The van der Waals surface area contributed by atoms with Gasteiger partial charge in [0, 0.05) is 37.2 Å². The van der Waals surface area contributed by atoms with Gasteiger partial charge in [0.25, 0.3) is 11.2 Å². The minimum absolute atomic E-state index is 0.00690. The number of non-ortho nitro benzene ring substituents is 1. The van der Waals surface area contributed by atoms with E-state index in [4.69, 9.17) is 4.42 Å². The maximum Gasteiger partial charge on any atom is 0.346 e. The van der Waals surface area contributed by atoms with Crippen molar-refractivity contribution in [2.75, 3.05) is 0 Å². The Morgan fingerprint density at radius 2 is 1.72 bits per heavy atom. The molecule has 0 amide bonds. The van der Waals surface area contributed by atoms with Crippen molar-refractivity contribution in [3.8, 4) is 11.1 Å². The van der Waals surface area contributed by atoms with Crippen molar-refractivity contribution in [2.45, 2.75) is 0 Å². The highest BCUT2D eigenvalue weighted by Crippen LogP contribution is 2.35. The van der Waals surface area contributed by atoms with Gasteiger partial charge in [-0.1, -0.05) is 24.3 Å². The molecule has 0 N–H and O–H groups in total. The first-order valence-corrected chi connectivity index (χ1v) is 9.49. The van der Waals surface area contributed by atoms with E-state index in [0.717, 1.165) is 4.57 Å². The summed E-state index contributed by atoms with van der Waals surface area (Å²) in [7, 11) is 2.78. The number of benzene rings is 2. The van der Waals surface area contributed by atoms with Gasteiger partial charge in [0.15, 0.2) is 5.65 Å². The average Bonchev–Trinajstić information content (AvgIpc) is 2.80. The standard InChI is InChI=1S/C22H14N4O6/c1-24-19-17(20(27)25(2)22(24)29)15(11-6-5-7-12(10-11)26(30)31)16-18(23-19)13-8-3-4-9-14(13)32-21(16)28/h3-10H,1-2H3. The van der Waals surface area contributed by atoms with Gasteiger partial charge in [-0.05, 0) is 17.7 Å². The molecule has 2 aromatic carbocycles. The molecule has 0 fully saturated rings. The quantitative estimate of drug-likeness (QED) is 0.138. The molecule has 0 atom stereocenters. The predicted molar refractivity (Wildman–Crippen MR) is 118 cm³/mol. The molecule has 0 unspecified atom stereocenters. The van der Waals surface area contributed by atoms with Crippen LogP contribution in [0.2, 0.25) is 0 Å². The van der Waals surface area contributed by atoms with E-state index in [1.807, 2.05) is 0 Å². The highest BCUT2D eigenvalue weighted by Gasteiger charge is 2.23. The smallest absolute Gasteiger partial charge is 0.346 e. The van der Waals surface area contributed by atoms with Crippen LogP contribution in [0.5, 0.6) is 0 Å². The predicted octanol–water partition coefficient (Wildman–Crippen LogP) is 2.47. The van der Waals surface area contributed by atoms with Gasteiger partial charge in [-0.3, -0.25) is 24.0 Å². The molecule has 0 aliphatic carbocycles. The number of hydrogen-bond acceptors (Lipinski definition) is 7. The molecule has 5 rings (SSSR count). The molecule has 32 heavy (non-hydrogen) atoms. The Bertz CT molecular complexity index is 1800. The second kappa shape index (κ2) is 6.71. The van der Waals surface area contributed by atoms with Crippen molar-refractivity contribution in [3.63, 3.8) is 0 Å². The van der Waals surface area contributed by atoms with Crippen LogP contribution in [-0.4, -0.2) is 19.0 Å². The summed E-state index contributed by atoms with van der Waals surface area (Å²) in [5, 5.41) is 11.9. The number of pyridine rings is 1. The fourth-order valence-corrected chi connectivity index (χ4v) is 3.95. The minimum atomic E-state index is -0.745. The number of para-hydroxylation sites is 1. The van der Waals surface area contributed by atoms with Crippen LogP contribution in [0.25, 0.3) is 44.0 Å². The SMILES string of the molecule is Cn1c(=O)c2c(-c3cccc([N+](=O)[O-])c3)c3c(=O)oc4ccccc4c3nc2n(C)c1=O. The zero-order chi connectivity index (χ0) is 22.7. The van der Waals surface area contributed by atoms with Crippen LogP contribution in [0.1, 0.15) is 0 Å². The molecule has 0 radical (unpaired) electrons. The molecule has 5 aromatic rings. The van der Waals surface area contributed by atoms with Gasteiger partial charge in [0.2, 0.25) is 0 Å². The molecule has 0 spiro atoms. The summed E-state index contributed by atoms with van der Waals surface area (Å²) in [6.07, 6.45) is 0. The van der Waals surface area contributed by atoms with Crippen molar-refractivity contribution in [2.24, 2.45) is 14.1 Å². The van der Waals surface area contributed by atoms with Gasteiger partial charge in [-0.2, -0.15) is 0 Å². The van der Waals surface area contributed by atoms with Gasteiger partial charge in [0.05, 0.1) is 21.2 Å². The van der Waals surface area contributed by atoms with Crippen LogP contribution in [0.3, 0.4) is 0 Å². The minimum Gasteiger partial charge on any atom is -0.422 e. The lowest BCUT2D eigenvalue weighted by Gasteiger charge is -2.14. The number of nitro benzene ring substituents is 1. The van der Waals surface area contributed by atoms with Gasteiger partial charge < -0.3 is 4.42 Å². The third kappa shape index (κ3) is 2.59. The number of fused-ring (bicyclic) bond motifs is 4. The number of aromatic nitrogens is 3. The average molecular weight is 430 g/mol. The van der Waals surface area contributed by atoms with E-state index < -0.39 is 21.8 Å². The van der Waals surface area contributed by atoms with Crippen molar-refractivity contribution < 1.29 is 9.34 Å². The first-order chi connectivity index (χ1) is 15.3. The van der Waals surface area contributed by atoms with Crippen LogP contribution < -0.4 is 16.9 Å². The molecule has 0 saturated heterocycles. The van der Waals surface area contributed by atoms with Crippen LogP contribution in [0.4, 0.5) is 5.69 Å². The fourth-order valence-electron chi connectivity index (χ4n) is 3.95. The van der Waals surface area contributed by atoms with Crippen LogP contribution in [-0.2, 0) is 14.1 Å². The molecule has 10 nitrogen and oxygen atoms in total. The summed E-state index contributed by atoms with van der Waals surface area (Å²) in [5.41, 5.74) is -1.26. The Morgan fingerprint density at radius 1 is 0.969 bits per heavy atom. The summed E-state index contributed by atoms with van der Waals surface area (Å²) in [4.78, 5) is 54.2. The van der Waals surface area contributed by atoms with E-state index in [9.17, 15) is 24.5 Å². The van der Waals surface area contributed by atoms with Gasteiger partial charge >= 0.3 is 11.3 Å². The number of aryl methyl sites for hydroxylation is 1. The summed E-state index contributed by atoms with van der Waals surface area (Å²) in [6.45, 7) is 0. The van der Waals surface area contributed by atoms with Crippen LogP contribution in [0, 0.1) is 10.1 Å². The Labute approximate surface area is 177 Å². The maximum absolute atomic E-state index is 13.2. The fraction of sp³-hybridized carbons (Fsp3) is 0.0909. The van der Waals surface area contributed by atoms with E-state index in [1.165, 1.54) is 36.9 Å².